The summed E-state index contributed by atoms with van der Waals surface area (Å²) in [5.41, 5.74) is 3.44. The van der Waals surface area contributed by atoms with Gasteiger partial charge in [-0.3, -0.25) is 9.78 Å². The van der Waals surface area contributed by atoms with Crippen LogP contribution in [0.4, 0.5) is 17.3 Å². The largest absolute Gasteiger partial charge is 0.496 e. The van der Waals surface area contributed by atoms with Gasteiger partial charge in [-0.1, -0.05) is 18.2 Å². The highest BCUT2D eigenvalue weighted by Crippen LogP contribution is 2.22. The Labute approximate surface area is 173 Å². The van der Waals surface area contributed by atoms with E-state index in [1.54, 1.807) is 42.7 Å². The standard InChI is InChI=1S/C23H19N5O2/c1-30-21-8-3-2-6-18(21)22(29)26-16-9-11-17(12-10-16)27-23-25-15-13-20(28-23)19-7-4-5-14-24-19/h2-15H,1H3,(H,26,29)(H,25,27,28). The van der Waals surface area contributed by atoms with Crippen LogP contribution in [0.15, 0.2) is 85.2 Å². The molecule has 0 fully saturated rings. The van der Waals surface area contributed by atoms with Gasteiger partial charge in [-0.2, -0.15) is 0 Å². The average Bonchev–Trinajstić information content (AvgIpc) is 2.81. The smallest absolute Gasteiger partial charge is 0.259 e. The number of nitrogens with one attached hydrogen (secondary N) is 2. The molecular weight excluding hydrogens is 378 g/mol. The van der Waals surface area contributed by atoms with Crippen LogP contribution in [0.3, 0.4) is 0 Å². The number of pyridine rings is 1. The maximum atomic E-state index is 12.5. The summed E-state index contributed by atoms with van der Waals surface area (Å²) in [5.74, 6) is 0.752. The normalized spacial score (nSPS) is 10.3. The Balaban J connectivity index is 1.45. The van der Waals surface area contributed by atoms with Gasteiger partial charge in [0.25, 0.3) is 5.91 Å². The van der Waals surface area contributed by atoms with Gasteiger partial charge in [-0.15, -0.1) is 0 Å². The Hall–Kier alpha value is -4.26. The maximum Gasteiger partial charge on any atom is 0.259 e. The first-order valence-corrected chi connectivity index (χ1v) is 9.29. The Kier molecular flexibility index (Phi) is 5.61. The lowest BCUT2D eigenvalue weighted by Crippen LogP contribution is -2.13. The van der Waals surface area contributed by atoms with Crippen LogP contribution in [-0.4, -0.2) is 28.0 Å². The molecule has 0 spiro atoms. The SMILES string of the molecule is COc1ccccc1C(=O)Nc1ccc(Nc2nccc(-c3ccccn3)n2)cc1. The summed E-state index contributed by atoms with van der Waals surface area (Å²) >= 11 is 0. The molecule has 0 radical (unpaired) electrons. The summed E-state index contributed by atoms with van der Waals surface area (Å²) in [7, 11) is 1.54. The Morgan fingerprint density at radius 3 is 2.33 bits per heavy atom. The lowest BCUT2D eigenvalue weighted by Gasteiger charge is -2.10. The van der Waals surface area contributed by atoms with Crippen molar-refractivity contribution in [3.63, 3.8) is 0 Å². The van der Waals surface area contributed by atoms with E-state index in [2.05, 4.69) is 25.6 Å². The zero-order valence-corrected chi connectivity index (χ0v) is 16.2. The topological polar surface area (TPSA) is 89.0 Å². The minimum Gasteiger partial charge on any atom is -0.496 e. The van der Waals surface area contributed by atoms with Gasteiger partial charge in [-0.25, -0.2) is 9.97 Å². The van der Waals surface area contributed by atoms with E-state index in [0.29, 0.717) is 22.9 Å². The molecule has 2 heterocycles. The molecule has 0 unspecified atom stereocenters. The number of ether oxygens (including phenoxy) is 1. The number of para-hydroxylation sites is 1. The third-order valence-electron chi connectivity index (χ3n) is 4.33. The highest BCUT2D eigenvalue weighted by molar-refractivity contribution is 6.06. The molecule has 0 saturated heterocycles. The molecule has 2 aromatic carbocycles. The molecule has 2 aromatic heterocycles. The molecular formula is C23H19N5O2. The van der Waals surface area contributed by atoms with Crippen molar-refractivity contribution in [1.82, 2.24) is 15.0 Å². The van der Waals surface area contributed by atoms with Crippen LogP contribution in [0, 0.1) is 0 Å². The monoisotopic (exact) mass is 397 g/mol. The fourth-order valence-corrected chi connectivity index (χ4v) is 2.87. The van der Waals surface area contributed by atoms with Crippen LogP contribution < -0.4 is 15.4 Å². The van der Waals surface area contributed by atoms with E-state index < -0.39 is 0 Å². The Morgan fingerprint density at radius 2 is 1.57 bits per heavy atom. The minimum atomic E-state index is -0.237. The van der Waals surface area contributed by atoms with Crippen LogP contribution in [-0.2, 0) is 0 Å². The second-order valence-corrected chi connectivity index (χ2v) is 6.34. The van der Waals surface area contributed by atoms with Crippen molar-refractivity contribution in [3.05, 3.63) is 90.8 Å². The molecule has 30 heavy (non-hydrogen) atoms. The molecule has 0 bridgehead atoms. The zero-order valence-electron chi connectivity index (χ0n) is 16.2. The molecule has 0 aliphatic carbocycles. The molecule has 4 rings (SSSR count). The zero-order chi connectivity index (χ0) is 20.8. The quantitative estimate of drug-likeness (QED) is 0.496. The summed E-state index contributed by atoms with van der Waals surface area (Å²) in [6.07, 6.45) is 3.41. The van der Waals surface area contributed by atoms with E-state index >= 15 is 0 Å². The van der Waals surface area contributed by atoms with E-state index in [4.69, 9.17) is 4.74 Å². The third kappa shape index (κ3) is 4.41. The Bertz CT molecular complexity index is 1150. The number of benzene rings is 2. The van der Waals surface area contributed by atoms with E-state index in [9.17, 15) is 4.79 Å². The molecule has 2 N–H and O–H groups in total. The summed E-state index contributed by atoms with van der Waals surface area (Å²) in [6.45, 7) is 0. The Morgan fingerprint density at radius 1 is 0.800 bits per heavy atom. The molecule has 0 saturated carbocycles. The number of methoxy groups -OCH3 is 1. The van der Waals surface area contributed by atoms with Gasteiger partial charge in [0.1, 0.15) is 5.75 Å². The van der Waals surface area contributed by atoms with Crippen LogP contribution in [0.25, 0.3) is 11.4 Å². The van der Waals surface area contributed by atoms with E-state index in [1.165, 1.54) is 7.11 Å². The van der Waals surface area contributed by atoms with Gasteiger partial charge in [0.15, 0.2) is 0 Å². The molecule has 148 valence electrons. The number of aromatic nitrogens is 3. The second kappa shape index (κ2) is 8.83. The maximum absolute atomic E-state index is 12.5. The number of nitrogens with zero attached hydrogens (tertiary/aromatic N) is 3. The van der Waals surface area contributed by atoms with E-state index in [-0.39, 0.29) is 5.91 Å². The van der Waals surface area contributed by atoms with Gasteiger partial charge >= 0.3 is 0 Å². The molecule has 0 aliphatic heterocycles. The molecule has 7 heteroatoms. The highest BCUT2D eigenvalue weighted by atomic mass is 16.5. The third-order valence-corrected chi connectivity index (χ3v) is 4.33. The molecule has 4 aromatic rings. The van der Waals surface area contributed by atoms with Crippen LogP contribution in [0.1, 0.15) is 10.4 Å². The van der Waals surface area contributed by atoms with Gasteiger partial charge < -0.3 is 15.4 Å². The van der Waals surface area contributed by atoms with Crippen molar-refractivity contribution in [3.8, 4) is 17.1 Å². The number of carbonyl (C=O) groups is 1. The van der Waals surface area contributed by atoms with Gasteiger partial charge in [0, 0.05) is 23.8 Å². The second-order valence-electron chi connectivity index (χ2n) is 6.34. The first-order chi connectivity index (χ1) is 14.7. The lowest BCUT2D eigenvalue weighted by atomic mass is 10.2. The van der Waals surface area contributed by atoms with E-state index in [0.717, 1.165) is 17.1 Å². The number of hydrogen-bond acceptors (Lipinski definition) is 6. The summed E-state index contributed by atoms with van der Waals surface area (Å²) in [6, 6.07) is 21.9. The first-order valence-electron chi connectivity index (χ1n) is 9.29. The average molecular weight is 397 g/mol. The minimum absolute atomic E-state index is 0.237. The lowest BCUT2D eigenvalue weighted by molar-refractivity contribution is 0.102. The number of hydrogen-bond donors (Lipinski definition) is 2. The summed E-state index contributed by atoms with van der Waals surface area (Å²) in [4.78, 5) is 25.6. The molecule has 7 nitrogen and oxygen atoms in total. The number of amides is 1. The van der Waals surface area contributed by atoms with Crippen molar-refractivity contribution in [1.29, 1.82) is 0 Å². The fraction of sp³-hybridized carbons (Fsp3) is 0.0435. The number of anilines is 3. The van der Waals surface area contributed by atoms with Gasteiger partial charge in [0.05, 0.1) is 24.1 Å². The predicted molar refractivity (Wildman–Crippen MR) is 116 cm³/mol. The van der Waals surface area contributed by atoms with Gasteiger partial charge in [-0.05, 0) is 54.6 Å². The van der Waals surface area contributed by atoms with Crippen molar-refractivity contribution >= 4 is 23.2 Å². The summed E-state index contributed by atoms with van der Waals surface area (Å²) in [5, 5.41) is 6.03. The predicted octanol–water partition coefficient (Wildman–Crippen LogP) is 4.54. The van der Waals surface area contributed by atoms with Crippen LogP contribution in [0.2, 0.25) is 0 Å². The number of rotatable bonds is 6. The summed E-state index contributed by atoms with van der Waals surface area (Å²) < 4.78 is 5.24. The molecule has 0 atom stereocenters. The number of carbonyl (C=O) groups excluding carboxylic acids is 1. The van der Waals surface area contributed by atoms with Crippen molar-refractivity contribution in [2.45, 2.75) is 0 Å². The van der Waals surface area contributed by atoms with Crippen LogP contribution >= 0.6 is 0 Å². The van der Waals surface area contributed by atoms with Crippen molar-refractivity contribution in [2.75, 3.05) is 17.7 Å². The molecule has 0 aliphatic rings. The van der Waals surface area contributed by atoms with E-state index in [1.807, 2.05) is 42.5 Å². The highest BCUT2D eigenvalue weighted by Gasteiger charge is 2.11. The first kappa shape index (κ1) is 19.1. The molecule has 1 amide bonds. The van der Waals surface area contributed by atoms with Crippen molar-refractivity contribution in [2.24, 2.45) is 0 Å². The van der Waals surface area contributed by atoms with Gasteiger partial charge in [0.2, 0.25) is 5.95 Å². The van der Waals surface area contributed by atoms with Crippen molar-refractivity contribution < 1.29 is 9.53 Å². The van der Waals surface area contributed by atoms with Crippen LogP contribution in [0.5, 0.6) is 5.75 Å². The fourth-order valence-electron chi connectivity index (χ4n) is 2.87.